The first-order valence-corrected chi connectivity index (χ1v) is 8.84. The molecule has 0 aromatic heterocycles. The third-order valence-corrected chi connectivity index (χ3v) is 4.60. The van der Waals surface area contributed by atoms with Crippen molar-refractivity contribution in [3.63, 3.8) is 0 Å². The van der Waals surface area contributed by atoms with Crippen molar-refractivity contribution < 1.29 is 9.72 Å². The van der Waals surface area contributed by atoms with Crippen molar-refractivity contribution in [2.24, 2.45) is 4.99 Å². The fourth-order valence-electron chi connectivity index (χ4n) is 3.08. The van der Waals surface area contributed by atoms with Crippen LogP contribution in [0.3, 0.4) is 0 Å². The molecule has 1 fully saturated rings. The highest BCUT2D eigenvalue weighted by molar-refractivity contribution is 6.10. The second kappa shape index (κ2) is 8.41. The van der Waals surface area contributed by atoms with Crippen molar-refractivity contribution in [2.75, 3.05) is 18.5 Å². The van der Waals surface area contributed by atoms with Gasteiger partial charge >= 0.3 is 0 Å². The van der Waals surface area contributed by atoms with Crippen LogP contribution in [0.2, 0.25) is 0 Å². The smallest absolute Gasteiger partial charge is 0.270 e. The Hall–Kier alpha value is -3.57. The lowest BCUT2D eigenvalue weighted by atomic mass is 10.1. The molecule has 142 valence electrons. The monoisotopic (exact) mass is 377 g/mol. The van der Waals surface area contributed by atoms with Gasteiger partial charge in [0, 0.05) is 31.4 Å². The van der Waals surface area contributed by atoms with Crippen molar-refractivity contribution in [1.82, 2.24) is 5.32 Å². The van der Waals surface area contributed by atoms with Gasteiger partial charge in [-0.05, 0) is 37.6 Å². The molecule has 1 heterocycles. The maximum Gasteiger partial charge on any atom is 0.270 e. The summed E-state index contributed by atoms with van der Waals surface area (Å²) in [5.41, 5.74) is 1.03. The fourth-order valence-corrected chi connectivity index (χ4v) is 3.08. The zero-order chi connectivity index (χ0) is 20.1. The summed E-state index contributed by atoms with van der Waals surface area (Å²) < 4.78 is 0. The summed E-state index contributed by atoms with van der Waals surface area (Å²) in [6, 6.07) is 12.9. The number of hydrogen-bond acceptors (Lipinski definition) is 6. The van der Waals surface area contributed by atoms with Gasteiger partial charge in [0.2, 0.25) is 0 Å². The van der Waals surface area contributed by atoms with Gasteiger partial charge in [-0.1, -0.05) is 12.1 Å². The van der Waals surface area contributed by atoms with Gasteiger partial charge in [0.05, 0.1) is 27.4 Å². The van der Waals surface area contributed by atoms with Gasteiger partial charge in [-0.25, -0.2) is 0 Å². The number of carbonyl (C=O) groups is 1. The predicted octanol–water partition coefficient (Wildman–Crippen LogP) is 3.20. The molecular weight excluding hydrogens is 358 g/mol. The summed E-state index contributed by atoms with van der Waals surface area (Å²) in [7, 11) is 1.53. The molecule has 0 bridgehead atoms. The Morgan fingerprint density at radius 3 is 2.86 bits per heavy atom. The summed E-state index contributed by atoms with van der Waals surface area (Å²) in [5, 5.41) is 23.8. The van der Waals surface area contributed by atoms with Crippen molar-refractivity contribution in [1.29, 1.82) is 5.26 Å². The maximum absolute atomic E-state index is 13.1. The SMILES string of the molecule is CN(C(=O)c1cc([N+](=O)[O-])ccc1/N=C/C1CCCN1)c1ccccc1C#N. The van der Waals surface area contributed by atoms with Crippen LogP contribution in [-0.4, -0.2) is 36.7 Å². The van der Waals surface area contributed by atoms with Gasteiger partial charge in [0.15, 0.2) is 0 Å². The first kappa shape index (κ1) is 19.2. The highest BCUT2D eigenvalue weighted by Crippen LogP contribution is 2.28. The number of anilines is 1. The molecule has 1 amide bonds. The Labute approximate surface area is 162 Å². The molecule has 1 N–H and O–H groups in total. The molecule has 2 aromatic carbocycles. The zero-order valence-electron chi connectivity index (χ0n) is 15.3. The lowest BCUT2D eigenvalue weighted by Gasteiger charge is -2.19. The van der Waals surface area contributed by atoms with Crippen LogP contribution in [0.1, 0.15) is 28.8 Å². The molecule has 0 aliphatic carbocycles. The van der Waals surface area contributed by atoms with Crippen molar-refractivity contribution in [2.45, 2.75) is 18.9 Å². The number of rotatable bonds is 5. The number of nitrogens with zero attached hydrogens (tertiary/aromatic N) is 4. The van der Waals surface area contributed by atoms with E-state index in [0.717, 1.165) is 19.4 Å². The lowest BCUT2D eigenvalue weighted by molar-refractivity contribution is -0.384. The molecule has 8 heteroatoms. The Bertz CT molecular complexity index is 974. The molecular formula is C20H19N5O3. The second-order valence-corrected chi connectivity index (χ2v) is 6.43. The lowest BCUT2D eigenvalue weighted by Crippen LogP contribution is -2.27. The number of aliphatic imine (C=N–C) groups is 1. The van der Waals surface area contributed by atoms with Crippen LogP contribution in [0.5, 0.6) is 0 Å². The molecule has 3 rings (SSSR count). The van der Waals surface area contributed by atoms with E-state index in [0.29, 0.717) is 16.9 Å². The first-order chi connectivity index (χ1) is 13.5. The average Bonchev–Trinajstić information content (AvgIpc) is 3.24. The Kier molecular flexibility index (Phi) is 5.77. The number of benzene rings is 2. The molecule has 8 nitrogen and oxygen atoms in total. The van der Waals surface area contributed by atoms with Gasteiger partial charge < -0.3 is 10.2 Å². The predicted molar refractivity (Wildman–Crippen MR) is 106 cm³/mol. The summed E-state index contributed by atoms with van der Waals surface area (Å²) in [5.74, 6) is -0.474. The molecule has 0 saturated carbocycles. The normalized spacial score (nSPS) is 16.1. The number of nitriles is 1. The van der Waals surface area contributed by atoms with Gasteiger partial charge in [0.25, 0.3) is 11.6 Å². The molecule has 1 aliphatic heterocycles. The Morgan fingerprint density at radius 1 is 1.39 bits per heavy atom. The summed E-state index contributed by atoms with van der Waals surface area (Å²) in [6.45, 7) is 0.913. The highest BCUT2D eigenvalue weighted by atomic mass is 16.6. The zero-order valence-corrected chi connectivity index (χ0v) is 15.3. The first-order valence-electron chi connectivity index (χ1n) is 8.84. The molecule has 1 saturated heterocycles. The highest BCUT2D eigenvalue weighted by Gasteiger charge is 2.22. The molecule has 0 radical (unpaired) electrons. The van der Waals surface area contributed by atoms with Gasteiger partial charge in [0.1, 0.15) is 6.07 Å². The second-order valence-electron chi connectivity index (χ2n) is 6.43. The summed E-state index contributed by atoms with van der Waals surface area (Å²) in [6.07, 6.45) is 3.74. The van der Waals surface area contributed by atoms with Crippen molar-refractivity contribution in [3.8, 4) is 6.07 Å². The van der Waals surface area contributed by atoms with E-state index < -0.39 is 10.8 Å². The van der Waals surface area contributed by atoms with Gasteiger partial charge in [-0.3, -0.25) is 19.9 Å². The number of nitrogens with one attached hydrogen (secondary N) is 1. The van der Waals surface area contributed by atoms with Crippen molar-refractivity contribution >= 4 is 29.2 Å². The van der Waals surface area contributed by atoms with Crippen LogP contribution < -0.4 is 10.2 Å². The quantitative estimate of drug-likeness (QED) is 0.488. The molecule has 28 heavy (non-hydrogen) atoms. The standard InChI is InChI=1S/C20H19N5O3/c1-24(19-7-3-2-5-14(19)12-21)20(26)17-11-16(25(27)28)8-9-18(17)23-13-15-6-4-10-22-15/h2-3,5,7-9,11,13,15,22H,4,6,10H2,1H3/b23-13+. The number of carbonyl (C=O) groups excluding carboxylic acids is 1. The molecule has 1 unspecified atom stereocenters. The minimum Gasteiger partial charge on any atom is -0.310 e. The van der Waals surface area contributed by atoms with E-state index in [4.69, 9.17) is 0 Å². The van der Waals surface area contributed by atoms with Crippen molar-refractivity contribution in [3.05, 3.63) is 63.7 Å². The van der Waals surface area contributed by atoms with Crippen LogP contribution in [0.4, 0.5) is 17.1 Å². The summed E-state index contributed by atoms with van der Waals surface area (Å²) >= 11 is 0. The van der Waals surface area contributed by atoms with Crippen LogP contribution in [-0.2, 0) is 0 Å². The van der Waals surface area contributed by atoms with Gasteiger partial charge in [-0.15, -0.1) is 0 Å². The number of para-hydroxylation sites is 1. The van der Waals surface area contributed by atoms with Crippen LogP contribution in [0, 0.1) is 21.4 Å². The molecule has 1 atom stereocenters. The third-order valence-electron chi connectivity index (χ3n) is 4.60. The number of non-ortho nitro benzene ring substituents is 1. The van der Waals surface area contributed by atoms with E-state index in [9.17, 15) is 20.2 Å². The molecule has 1 aliphatic rings. The minimum absolute atomic E-state index is 0.110. The van der Waals surface area contributed by atoms with Gasteiger partial charge in [-0.2, -0.15) is 5.26 Å². The minimum atomic E-state index is -0.550. The third kappa shape index (κ3) is 4.05. The largest absolute Gasteiger partial charge is 0.310 e. The summed E-state index contributed by atoms with van der Waals surface area (Å²) in [4.78, 5) is 29.5. The number of nitro benzene ring substituents is 1. The Morgan fingerprint density at radius 2 is 2.18 bits per heavy atom. The van der Waals surface area contributed by atoms with E-state index in [2.05, 4.69) is 10.3 Å². The van der Waals surface area contributed by atoms with E-state index in [1.165, 1.54) is 30.1 Å². The topological polar surface area (TPSA) is 112 Å². The van der Waals surface area contributed by atoms with E-state index >= 15 is 0 Å². The van der Waals surface area contributed by atoms with Crippen LogP contribution >= 0.6 is 0 Å². The number of hydrogen-bond donors (Lipinski definition) is 1. The molecule has 2 aromatic rings. The van der Waals surface area contributed by atoms with Crippen LogP contribution in [0.25, 0.3) is 0 Å². The number of amides is 1. The number of nitro groups is 1. The van der Waals surface area contributed by atoms with E-state index in [1.807, 2.05) is 6.07 Å². The van der Waals surface area contributed by atoms with E-state index in [-0.39, 0.29) is 17.3 Å². The average molecular weight is 377 g/mol. The fraction of sp³-hybridized carbons (Fsp3) is 0.250. The Balaban J connectivity index is 1.99. The van der Waals surface area contributed by atoms with E-state index in [1.54, 1.807) is 30.5 Å². The van der Waals surface area contributed by atoms with Crippen LogP contribution in [0.15, 0.2) is 47.5 Å². The molecule has 0 spiro atoms. The maximum atomic E-state index is 13.1.